The summed E-state index contributed by atoms with van der Waals surface area (Å²) < 4.78 is 11.1. The second kappa shape index (κ2) is 6.37. The van der Waals surface area contributed by atoms with Gasteiger partial charge in [-0.2, -0.15) is 0 Å². The van der Waals surface area contributed by atoms with E-state index in [0.717, 1.165) is 12.8 Å². The summed E-state index contributed by atoms with van der Waals surface area (Å²) in [5.74, 6) is -0.148. The quantitative estimate of drug-likeness (QED) is 0.826. The van der Waals surface area contributed by atoms with Crippen LogP contribution in [0, 0.1) is 0 Å². The summed E-state index contributed by atoms with van der Waals surface area (Å²) in [6.07, 6.45) is 2.04. The van der Waals surface area contributed by atoms with Gasteiger partial charge in [-0.05, 0) is 44.4 Å². The first kappa shape index (κ1) is 14.3. The molecule has 1 heterocycles. The van der Waals surface area contributed by atoms with E-state index in [0.29, 0.717) is 31.5 Å². The van der Waals surface area contributed by atoms with E-state index in [2.05, 4.69) is 12.2 Å². The molecule has 1 saturated heterocycles. The van der Waals surface area contributed by atoms with Crippen molar-refractivity contribution in [3.8, 4) is 5.75 Å². The molecular formula is C15H23NO3. The van der Waals surface area contributed by atoms with Crippen molar-refractivity contribution >= 4 is 0 Å². The number of hydrogen-bond acceptors (Lipinski definition) is 4. The summed E-state index contributed by atoms with van der Waals surface area (Å²) in [5, 5.41) is 12.7. The average Bonchev–Trinajstić information content (AvgIpc) is 2.83. The zero-order valence-electron chi connectivity index (χ0n) is 11.7. The predicted molar refractivity (Wildman–Crippen MR) is 74.2 cm³/mol. The minimum Gasteiger partial charge on any atom is -0.508 e. The van der Waals surface area contributed by atoms with E-state index in [1.807, 2.05) is 19.1 Å². The Labute approximate surface area is 114 Å². The fourth-order valence-corrected chi connectivity index (χ4v) is 2.17. The maximum Gasteiger partial charge on any atom is 0.178 e. The van der Waals surface area contributed by atoms with Gasteiger partial charge in [0.05, 0.1) is 13.2 Å². The van der Waals surface area contributed by atoms with Crippen LogP contribution in [-0.4, -0.2) is 36.7 Å². The van der Waals surface area contributed by atoms with Crippen molar-refractivity contribution in [3.05, 3.63) is 29.8 Å². The van der Waals surface area contributed by atoms with Gasteiger partial charge in [-0.25, -0.2) is 0 Å². The molecule has 1 aromatic carbocycles. The van der Waals surface area contributed by atoms with Crippen molar-refractivity contribution in [3.63, 3.8) is 0 Å². The molecule has 0 aliphatic carbocycles. The van der Waals surface area contributed by atoms with Gasteiger partial charge in [0, 0.05) is 12.6 Å². The molecule has 1 aliphatic rings. The topological polar surface area (TPSA) is 50.7 Å². The first-order chi connectivity index (χ1) is 9.07. The van der Waals surface area contributed by atoms with Gasteiger partial charge < -0.3 is 19.9 Å². The Morgan fingerprint density at radius 3 is 2.53 bits per heavy atom. The van der Waals surface area contributed by atoms with Crippen LogP contribution in [0.3, 0.4) is 0 Å². The third kappa shape index (κ3) is 4.49. The lowest BCUT2D eigenvalue weighted by Crippen LogP contribution is -2.42. The fraction of sp³-hybridized carbons (Fsp3) is 0.600. The highest BCUT2D eigenvalue weighted by Gasteiger charge is 2.30. The normalized spacial score (nSPS) is 19.5. The largest absolute Gasteiger partial charge is 0.508 e. The van der Waals surface area contributed by atoms with Crippen molar-refractivity contribution in [2.45, 2.75) is 38.5 Å². The third-order valence-electron chi connectivity index (χ3n) is 3.47. The molecule has 0 amide bonds. The van der Waals surface area contributed by atoms with Crippen LogP contribution < -0.4 is 5.32 Å². The molecule has 0 bridgehead atoms. The van der Waals surface area contributed by atoms with Gasteiger partial charge in [0.15, 0.2) is 5.79 Å². The van der Waals surface area contributed by atoms with Crippen LogP contribution in [0.4, 0.5) is 0 Å². The zero-order valence-corrected chi connectivity index (χ0v) is 11.7. The van der Waals surface area contributed by atoms with Gasteiger partial charge in [0.25, 0.3) is 0 Å². The number of nitrogens with one attached hydrogen (secondary N) is 1. The number of aromatic hydroxyl groups is 1. The average molecular weight is 265 g/mol. The van der Waals surface area contributed by atoms with Gasteiger partial charge in [0.2, 0.25) is 0 Å². The standard InChI is InChI=1S/C15H23NO3/c1-12(16-11-15(2)18-9-10-19-15)3-4-13-5-7-14(17)8-6-13/h5-8,12,16-17H,3-4,9-11H2,1-2H3/t12-/m1/s1. The monoisotopic (exact) mass is 265 g/mol. The van der Waals surface area contributed by atoms with Gasteiger partial charge in [-0.15, -0.1) is 0 Å². The molecule has 0 saturated carbocycles. The smallest absolute Gasteiger partial charge is 0.178 e. The van der Waals surface area contributed by atoms with E-state index in [-0.39, 0.29) is 0 Å². The Balaban J connectivity index is 1.69. The molecule has 0 unspecified atom stereocenters. The Hall–Kier alpha value is -1.10. The van der Waals surface area contributed by atoms with Crippen LogP contribution in [-0.2, 0) is 15.9 Å². The first-order valence-corrected chi connectivity index (χ1v) is 6.87. The molecule has 1 fully saturated rings. The second-order valence-electron chi connectivity index (χ2n) is 5.32. The lowest BCUT2D eigenvalue weighted by atomic mass is 10.1. The van der Waals surface area contributed by atoms with Crippen LogP contribution in [0.1, 0.15) is 25.8 Å². The zero-order chi connectivity index (χ0) is 13.7. The predicted octanol–water partition coefficient (Wildman–Crippen LogP) is 2.07. The van der Waals surface area contributed by atoms with Gasteiger partial charge in [0.1, 0.15) is 5.75 Å². The molecule has 0 aromatic heterocycles. The number of benzene rings is 1. The van der Waals surface area contributed by atoms with Crippen molar-refractivity contribution in [2.75, 3.05) is 19.8 Å². The van der Waals surface area contributed by atoms with Gasteiger partial charge in [-0.1, -0.05) is 12.1 Å². The van der Waals surface area contributed by atoms with E-state index < -0.39 is 5.79 Å². The summed E-state index contributed by atoms with van der Waals surface area (Å²) in [4.78, 5) is 0. The lowest BCUT2D eigenvalue weighted by Gasteiger charge is -2.25. The molecule has 2 rings (SSSR count). The summed E-state index contributed by atoms with van der Waals surface area (Å²) in [5.41, 5.74) is 1.24. The van der Waals surface area contributed by atoms with Crippen LogP contribution in [0.15, 0.2) is 24.3 Å². The van der Waals surface area contributed by atoms with Crippen LogP contribution in [0.2, 0.25) is 0 Å². The van der Waals surface area contributed by atoms with E-state index in [1.54, 1.807) is 12.1 Å². The molecule has 4 heteroatoms. The highest BCUT2D eigenvalue weighted by atomic mass is 16.7. The highest BCUT2D eigenvalue weighted by Crippen LogP contribution is 2.17. The van der Waals surface area contributed by atoms with E-state index in [1.165, 1.54) is 5.56 Å². The number of phenols is 1. The number of phenolic OH excluding ortho intramolecular Hbond substituents is 1. The van der Waals surface area contributed by atoms with Crippen LogP contribution in [0.25, 0.3) is 0 Å². The minimum absolute atomic E-state index is 0.318. The van der Waals surface area contributed by atoms with Gasteiger partial charge >= 0.3 is 0 Å². The molecule has 19 heavy (non-hydrogen) atoms. The Morgan fingerprint density at radius 1 is 1.26 bits per heavy atom. The summed E-state index contributed by atoms with van der Waals surface area (Å²) in [6.45, 7) is 6.21. The van der Waals surface area contributed by atoms with Crippen molar-refractivity contribution in [1.29, 1.82) is 0 Å². The highest BCUT2D eigenvalue weighted by molar-refractivity contribution is 5.25. The van der Waals surface area contributed by atoms with Crippen molar-refractivity contribution < 1.29 is 14.6 Å². The Morgan fingerprint density at radius 2 is 1.89 bits per heavy atom. The molecule has 2 N–H and O–H groups in total. The fourth-order valence-electron chi connectivity index (χ4n) is 2.17. The van der Waals surface area contributed by atoms with E-state index in [4.69, 9.17) is 9.47 Å². The number of hydrogen-bond donors (Lipinski definition) is 2. The van der Waals surface area contributed by atoms with Gasteiger partial charge in [-0.3, -0.25) is 0 Å². The molecule has 106 valence electrons. The van der Waals surface area contributed by atoms with E-state index >= 15 is 0 Å². The molecule has 1 atom stereocenters. The maximum absolute atomic E-state index is 9.23. The number of rotatable bonds is 6. The second-order valence-corrected chi connectivity index (χ2v) is 5.32. The summed E-state index contributed by atoms with van der Waals surface area (Å²) in [6, 6.07) is 7.79. The SMILES string of the molecule is C[C@H](CCc1ccc(O)cc1)NCC1(C)OCCO1. The maximum atomic E-state index is 9.23. The Bertz CT molecular complexity index is 385. The molecule has 1 aromatic rings. The molecule has 4 nitrogen and oxygen atoms in total. The molecule has 0 radical (unpaired) electrons. The first-order valence-electron chi connectivity index (χ1n) is 6.87. The summed E-state index contributed by atoms with van der Waals surface area (Å²) in [7, 11) is 0. The molecule has 1 aliphatic heterocycles. The van der Waals surface area contributed by atoms with Crippen LogP contribution >= 0.6 is 0 Å². The Kier molecular flexibility index (Phi) is 4.80. The molecule has 0 spiro atoms. The number of aryl methyl sites for hydroxylation is 1. The van der Waals surface area contributed by atoms with Crippen molar-refractivity contribution in [2.24, 2.45) is 0 Å². The summed E-state index contributed by atoms with van der Waals surface area (Å²) >= 11 is 0. The van der Waals surface area contributed by atoms with Crippen molar-refractivity contribution in [1.82, 2.24) is 5.32 Å². The third-order valence-corrected chi connectivity index (χ3v) is 3.47. The van der Waals surface area contributed by atoms with Crippen LogP contribution in [0.5, 0.6) is 5.75 Å². The minimum atomic E-state index is -0.465. The molecular weight excluding hydrogens is 242 g/mol. The lowest BCUT2D eigenvalue weighted by molar-refractivity contribution is -0.139. The number of ether oxygens (including phenoxy) is 2. The van der Waals surface area contributed by atoms with E-state index in [9.17, 15) is 5.11 Å².